The van der Waals surface area contributed by atoms with Crippen LogP contribution in [0.3, 0.4) is 0 Å². The Morgan fingerprint density at radius 3 is 2.91 bits per heavy atom. The van der Waals surface area contributed by atoms with E-state index in [0.717, 1.165) is 12.0 Å². The molecule has 3 heteroatoms. The van der Waals surface area contributed by atoms with Crippen molar-refractivity contribution in [1.29, 1.82) is 0 Å². The SMILES string of the molecule is C=CC/C=C(\C)[C@H](N)COI. The van der Waals surface area contributed by atoms with Crippen LogP contribution in [-0.2, 0) is 3.07 Å². The van der Waals surface area contributed by atoms with Crippen LogP contribution < -0.4 is 5.73 Å². The predicted octanol–water partition coefficient (Wildman–Crippen LogP) is 2.20. The standard InChI is InChI=1S/C8H14INO/c1-3-4-5-7(2)8(10)6-11-9/h3,5,8H,1,4,6,10H2,2H3/b7-5+/t8-/m1/s1. The average Bonchev–Trinajstić information content (AvgIpc) is 2.00. The third-order valence-electron chi connectivity index (χ3n) is 1.43. The monoisotopic (exact) mass is 267 g/mol. The Labute approximate surface area is 82.2 Å². The van der Waals surface area contributed by atoms with E-state index in [-0.39, 0.29) is 6.04 Å². The Morgan fingerprint density at radius 2 is 2.45 bits per heavy atom. The Morgan fingerprint density at radius 1 is 1.82 bits per heavy atom. The molecule has 0 aromatic carbocycles. The molecule has 0 spiro atoms. The molecule has 2 nitrogen and oxygen atoms in total. The van der Waals surface area contributed by atoms with Crippen LogP contribution in [0.2, 0.25) is 0 Å². The van der Waals surface area contributed by atoms with Gasteiger partial charge in [-0.15, -0.1) is 6.58 Å². The molecule has 0 saturated heterocycles. The van der Waals surface area contributed by atoms with Crippen molar-refractivity contribution in [3.8, 4) is 0 Å². The third kappa shape index (κ3) is 5.41. The summed E-state index contributed by atoms with van der Waals surface area (Å²) in [7, 11) is 0. The molecule has 0 bridgehead atoms. The molecular formula is C8H14INO. The van der Waals surface area contributed by atoms with E-state index in [4.69, 9.17) is 8.80 Å². The van der Waals surface area contributed by atoms with Crippen molar-refractivity contribution in [3.05, 3.63) is 24.3 Å². The van der Waals surface area contributed by atoms with Crippen LogP contribution in [-0.4, -0.2) is 12.6 Å². The lowest BCUT2D eigenvalue weighted by molar-refractivity contribution is 0.400. The molecule has 0 rings (SSSR count). The van der Waals surface area contributed by atoms with Crippen LogP contribution in [0.15, 0.2) is 24.3 Å². The van der Waals surface area contributed by atoms with Crippen LogP contribution in [0.25, 0.3) is 0 Å². The molecular weight excluding hydrogens is 253 g/mol. The van der Waals surface area contributed by atoms with Crippen molar-refractivity contribution in [3.63, 3.8) is 0 Å². The minimum Gasteiger partial charge on any atom is -0.322 e. The normalized spacial score (nSPS) is 14.6. The van der Waals surface area contributed by atoms with Gasteiger partial charge in [0.15, 0.2) is 0 Å². The van der Waals surface area contributed by atoms with E-state index in [1.165, 1.54) is 0 Å². The van der Waals surface area contributed by atoms with E-state index < -0.39 is 0 Å². The van der Waals surface area contributed by atoms with Gasteiger partial charge in [0.1, 0.15) is 23.0 Å². The Bertz CT molecular complexity index is 145. The highest BCUT2D eigenvalue weighted by Crippen LogP contribution is 2.02. The van der Waals surface area contributed by atoms with Crippen LogP contribution in [0, 0.1) is 0 Å². The van der Waals surface area contributed by atoms with E-state index in [9.17, 15) is 0 Å². The van der Waals surface area contributed by atoms with E-state index in [1.54, 1.807) is 0 Å². The molecule has 0 heterocycles. The summed E-state index contributed by atoms with van der Waals surface area (Å²) < 4.78 is 4.88. The molecule has 0 aromatic heterocycles. The van der Waals surface area contributed by atoms with Crippen molar-refractivity contribution in [1.82, 2.24) is 0 Å². The van der Waals surface area contributed by atoms with Gasteiger partial charge < -0.3 is 8.80 Å². The third-order valence-corrected chi connectivity index (χ3v) is 1.79. The fraction of sp³-hybridized carbons (Fsp3) is 0.500. The van der Waals surface area contributed by atoms with E-state index in [0.29, 0.717) is 6.61 Å². The molecule has 1 atom stereocenters. The number of rotatable bonds is 5. The highest BCUT2D eigenvalue weighted by molar-refractivity contribution is 14.1. The summed E-state index contributed by atoms with van der Waals surface area (Å²) in [4.78, 5) is 0. The second-order valence-corrected chi connectivity index (χ2v) is 2.98. The van der Waals surface area contributed by atoms with Crippen molar-refractivity contribution in [2.24, 2.45) is 5.73 Å². The minimum atomic E-state index is 0.0202. The highest BCUT2D eigenvalue weighted by atomic mass is 127. The Hall–Kier alpha value is 0.130. The minimum absolute atomic E-state index is 0.0202. The van der Waals surface area contributed by atoms with Crippen LogP contribution >= 0.6 is 23.0 Å². The maximum atomic E-state index is 5.74. The molecule has 0 aliphatic rings. The van der Waals surface area contributed by atoms with E-state index in [1.807, 2.05) is 36.0 Å². The van der Waals surface area contributed by atoms with E-state index in [2.05, 4.69) is 12.7 Å². The van der Waals surface area contributed by atoms with Gasteiger partial charge in [-0.2, -0.15) is 0 Å². The lowest BCUT2D eigenvalue weighted by Gasteiger charge is -2.09. The van der Waals surface area contributed by atoms with Crippen molar-refractivity contribution < 1.29 is 3.07 Å². The number of nitrogens with two attached hydrogens (primary N) is 1. The van der Waals surface area contributed by atoms with Gasteiger partial charge in [0.2, 0.25) is 0 Å². The molecule has 0 aromatic rings. The number of hydrogen-bond donors (Lipinski definition) is 1. The number of halogens is 1. The first kappa shape index (κ1) is 11.1. The highest BCUT2D eigenvalue weighted by Gasteiger charge is 2.02. The quantitative estimate of drug-likeness (QED) is 0.612. The summed E-state index contributed by atoms with van der Waals surface area (Å²) in [5, 5.41) is 0. The van der Waals surface area contributed by atoms with E-state index >= 15 is 0 Å². The predicted molar refractivity (Wildman–Crippen MR) is 56.5 cm³/mol. The summed E-state index contributed by atoms with van der Waals surface area (Å²) in [5.41, 5.74) is 6.89. The smallest absolute Gasteiger partial charge is 0.109 e. The van der Waals surface area contributed by atoms with Crippen LogP contribution in [0.5, 0.6) is 0 Å². The average molecular weight is 267 g/mol. The molecule has 0 fully saturated rings. The molecule has 64 valence electrons. The number of hydrogen-bond acceptors (Lipinski definition) is 2. The zero-order valence-corrected chi connectivity index (χ0v) is 8.87. The fourth-order valence-electron chi connectivity index (χ4n) is 0.620. The molecule has 0 unspecified atom stereocenters. The Kier molecular flexibility index (Phi) is 6.90. The summed E-state index contributed by atoms with van der Waals surface area (Å²) in [6.07, 6.45) is 4.79. The maximum absolute atomic E-state index is 5.74. The second kappa shape index (κ2) is 6.82. The largest absolute Gasteiger partial charge is 0.322 e. The first-order valence-electron chi connectivity index (χ1n) is 3.49. The summed E-state index contributed by atoms with van der Waals surface area (Å²) in [6, 6.07) is 0.0202. The zero-order chi connectivity index (χ0) is 8.69. The molecule has 2 N–H and O–H groups in total. The first-order valence-corrected chi connectivity index (χ1v) is 4.37. The van der Waals surface area contributed by atoms with Gasteiger partial charge in [-0.1, -0.05) is 17.7 Å². The topological polar surface area (TPSA) is 35.2 Å². The van der Waals surface area contributed by atoms with Gasteiger partial charge in [-0.3, -0.25) is 0 Å². The van der Waals surface area contributed by atoms with Gasteiger partial charge >= 0.3 is 0 Å². The molecule has 0 aliphatic heterocycles. The molecule has 0 saturated carbocycles. The summed E-state index contributed by atoms with van der Waals surface area (Å²) in [5.74, 6) is 0. The maximum Gasteiger partial charge on any atom is 0.109 e. The van der Waals surface area contributed by atoms with Gasteiger partial charge in [0.05, 0.1) is 6.61 Å². The molecule has 11 heavy (non-hydrogen) atoms. The lowest BCUT2D eigenvalue weighted by atomic mass is 10.1. The van der Waals surface area contributed by atoms with Gasteiger partial charge in [0, 0.05) is 6.04 Å². The fourth-order valence-corrected chi connectivity index (χ4v) is 1.01. The summed E-state index contributed by atoms with van der Waals surface area (Å²) in [6.45, 7) is 6.19. The van der Waals surface area contributed by atoms with Gasteiger partial charge in [-0.25, -0.2) is 0 Å². The lowest BCUT2D eigenvalue weighted by Crippen LogP contribution is -2.25. The van der Waals surface area contributed by atoms with Gasteiger partial charge in [-0.05, 0) is 13.3 Å². The molecule has 0 amide bonds. The van der Waals surface area contributed by atoms with Gasteiger partial charge in [0.25, 0.3) is 0 Å². The summed E-state index contributed by atoms with van der Waals surface area (Å²) >= 11 is 1.85. The van der Waals surface area contributed by atoms with Crippen LogP contribution in [0.1, 0.15) is 13.3 Å². The zero-order valence-electron chi connectivity index (χ0n) is 6.72. The molecule has 0 aliphatic carbocycles. The molecule has 0 radical (unpaired) electrons. The second-order valence-electron chi connectivity index (χ2n) is 2.35. The number of allylic oxidation sites excluding steroid dienone is 2. The van der Waals surface area contributed by atoms with Crippen LogP contribution in [0.4, 0.5) is 0 Å². The van der Waals surface area contributed by atoms with Crippen molar-refractivity contribution in [2.45, 2.75) is 19.4 Å². The van der Waals surface area contributed by atoms with Crippen molar-refractivity contribution >= 4 is 23.0 Å². The Balaban J connectivity index is 3.78. The van der Waals surface area contributed by atoms with Crippen molar-refractivity contribution in [2.75, 3.05) is 6.61 Å². The first-order chi connectivity index (χ1) is 5.22.